The number of nitrogens with one attached hydrogen (secondary N) is 2. The number of H-pyrrole nitrogens is 1. The van der Waals surface area contributed by atoms with Gasteiger partial charge in [-0.15, -0.1) is 0 Å². The second-order valence-electron chi connectivity index (χ2n) is 7.02. The lowest BCUT2D eigenvalue weighted by molar-refractivity contribution is -0.134. The van der Waals surface area contributed by atoms with E-state index in [1.807, 2.05) is 29.3 Å². The summed E-state index contributed by atoms with van der Waals surface area (Å²) < 4.78 is 0. The average Bonchev–Trinajstić information content (AvgIpc) is 3.31. The highest BCUT2D eigenvalue weighted by molar-refractivity contribution is 5.82. The van der Waals surface area contributed by atoms with Crippen LogP contribution in [0.5, 0.6) is 0 Å². The zero-order chi connectivity index (χ0) is 17.2. The van der Waals surface area contributed by atoms with Crippen molar-refractivity contribution in [2.24, 2.45) is 0 Å². The Hall–Kier alpha value is -2.18. The summed E-state index contributed by atoms with van der Waals surface area (Å²) in [5.74, 6) is 1.30. The molecule has 0 saturated carbocycles. The summed E-state index contributed by atoms with van der Waals surface area (Å²) in [6.07, 6.45) is 3.99. The molecule has 132 valence electrons. The van der Waals surface area contributed by atoms with Gasteiger partial charge >= 0.3 is 0 Å². The lowest BCUT2D eigenvalue weighted by Crippen LogP contribution is -2.47. The number of likely N-dealkylation sites (tertiary alicyclic amines) is 1. The van der Waals surface area contributed by atoms with Crippen molar-refractivity contribution in [1.29, 1.82) is 0 Å². The Bertz CT molecular complexity index is 730. The van der Waals surface area contributed by atoms with Crippen molar-refractivity contribution in [3.63, 3.8) is 0 Å². The highest BCUT2D eigenvalue weighted by Gasteiger charge is 2.34. The molecule has 1 aromatic carbocycles. The second kappa shape index (κ2) is 6.98. The normalized spacial score (nSPS) is 26.8. The quantitative estimate of drug-likeness (QED) is 0.791. The molecule has 0 aliphatic carbocycles. The van der Waals surface area contributed by atoms with E-state index in [0.29, 0.717) is 19.5 Å². The molecule has 0 spiro atoms. The lowest BCUT2D eigenvalue weighted by Gasteiger charge is -2.33. The number of carbonyl (C=O) groups excluding carboxylic acids is 1. The number of aliphatic hydroxyl groups is 1. The second-order valence-corrected chi connectivity index (χ2v) is 7.02. The molecule has 2 aliphatic rings. The predicted octanol–water partition coefficient (Wildman–Crippen LogP) is 1.51. The van der Waals surface area contributed by atoms with Crippen LogP contribution < -0.4 is 5.32 Å². The molecule has 2 saturated heterocycles. The number of benzene rings is 1. The third-order valence-corrected chi connectivity index (χ3v) is 5.21. The fraction of sp³-hybridized carbons (Fsp3) is 0.474. The van der Waals surface area contributed by atoms with Crippen molar-refractivity contribution < 1.29 is 9.90 Å². The number of hydrogen-bond acceptors (Lipinski definition) is 4. The van der Waals surface area contributed by atoms with E-state index in [1.165, 1.54) is 0 Å². The van der Waals surface area contributed by atoms with Crippen molar-refractivity contribution in [3.05, 3.63) is 42.4 Å². The van der Waals surface area contributed by atoms with Gasteiger partial charge in [0, 0.05) is 25.6 Å². The molecule has 0 bridgehead atoms. The van der Waals surface area contributed by atoms with Gasteiger partial charge in [-0.1, -0.05) is 30.3 Å². The van der Waals surface area contributed by atoms with Crippen LogP contribution in [0, 0.1) is 0 Å². The Kier molecular flexibility index (Phi) is 4.55. The van der Waals surface area contributed by atoms with Gasteiger partial charge in [-0.3, -0.25) is 4.79 Å². The molecular formula is C19H24N4O2. The van der Waals surface area contributed by atoms with E-state index in [4.69, 9.17) is 0 Å². The molecule has 6 heteroatoms. The van der Waals surface area contributed by atoms with E-state index in [2.05, 4.69) is 27.4 Å². The zero-order valence-electron chi connectivity index (χ0n) is 14.2. The van der Waals surface area contributed by atoms with E-state index in [1.54, 1.807) is 0 Å². The van der Waals surface area contributed by atoms with Gasteiger partial charge in [0.05, 0.1) is 24.0 Å². The first kappa shape index (κ1) is 16.3. The van der Waals surface area contributed by atoms with Gasteiger partial charge < -0.3 is 20.3 Å². The Morgan fingerprint density at radius 2 is 2.12 bits per heavy atom. The maximum Gasteiger partial charge on any atom is 0.239 e. The summed E-state index contributed by atoms with van der Waals surface area (Å²) in [5.41, 5.74) is 2.13. The molecule has 1 aromatic heterocycles. The van der Waals surface area contributed by atoms with Crippen LogP contribution in [0.2, 0.25) is 0 Å². The average molecular weight is 340 g/mol. The van der Waals surface area contributed by atoms with Crippen molar-refractivity contribution in [2.45, 2.75) is 37.3 Å². The molecule has 0 unspecified atom stereocenters. The van der Waals surface area contributed by atoms with E-state index in [9.17, 15) is 9.90 Å². The third kappa shape index (κ3) is 3.45. The Balaban J connectivity index is 1.45. The van der Waals surface area contributed by atoms with E-state index in [-0.39, 0.29) is 17.9 Å². The molecule has 1 amide bonds. The number of aromatic nitrogens is 2. The summed E-state index contributed by atoms with van der Waals surface area (Å²) in [5, 5.41) is 12.8. The molecule has 25 heavy (non-hydrogen) atoms. The summed E-state index contributed by atoms with van der Waals surface area (Å²) >= 11 is 0. The van der Waals surface area contributed by atoms with Crippen LogP contribution in [0.1, 0.15) is 31.0 Å². The summed E-state index contributed by atoms with van der Waals surface area (Å²) in [6.45, 7) is 1.98. The lowest BCUT2D eigenvalue weighted by atomic mass is 9.96. The van der Waals surface area contributed by atoms with Gasteiger partial charge in [0.2, 0.25) is 5.91 Å². The summed E-state index contributed by atoms with van der Waals surface area (Å²) in [6, 6.07) is 9.90. The van der Waals surface area contributed by atoms with E-state index >= 15 is 0 Å². The monoisotopic (exact) mass is 340 g/mol. The van der Waals surface area contributed by atoms with Gasteiger partial charge in [0.15, 0.2) is 0 Å². The minimum absolute atomic E-state index is 0.107. The Morgan fingerprint density at radius 1 is 1.28 bits per heavy atom. The number of amides is 1. The largest absolute Gasteiger partial charge is 0.392 e. The minimum Gasteiger partial charge on any atom is -0.392 e. The third-order valence-electron chi connectivity index (χ3n) is 5.21. The summed E-state index contributed by atoms with van der Waals surface area (Å²) in [4.78, 5) is 22.6. The molecule has 6 nitrogen and oxygen atoms in total. The van der Waals surface area contributed by atoms with Gasteiger partial charge in [-0.25, -0.2) is 4.98 Å². The number of carbonyl (C=O) groups is 1. The number of nitrogens with zero attached hydrogens (tertiary/aromatic N) is 2. The Morgan fingerprint density at radius 3 is 2.88 bits per heavy atom. The van der Waals surface area contributed by atoms with Crippen LogP contribution in [0.4, 0.5) is 0 Å². The van der Waals surface area contributed by atoms with Gasteiger partial charge in [0.25, 0.3) is 0 Å². The molecule has 3 heterocycles. The van der Waals surface area contributed by atoms with Crippen LogP contribution in [0.3, 0.4) is 0 Å². The molecule has 2 aliphatic heterocycles. The van der Waals surface area contributed by atoms with Crippen molar-refractivity contribution in [2.75, 3.05) is 19.6 Å². The highest BCUT2D eigenvalue weighted by atomic mass is 16.3. The van der Waals surface area contributed by atoms with Crippen LogP contribution in [0.25, 0.3) is 11.3 Å². The SMILES string of the molecule is O=C([C@@H]1C[C@H](O)CN1)N1CCC[C@H](c2ncc(-c3ccccc3)[nH]2)C1. The number of β-amino-alcohol motifs (C(OH)–C–C–N with tert-alkyl or cyclic N) is 1. The zero-order valence-corrected chi connectivity index (χ0v) is 14.2. The van der Waals surface area contributed by atoms with Gasteiger partial charge in [-0.2, -0.15) is 0 Å². The predicted molar refractivity (Wildman–Crippen MR) is 95.0 cm³/mol. The van der Waals surface area contributed by atoms with Crippen LogP contribution in [-0.4, -0.2) is 57.7 Å². The fourth-order valence-electron chi connectivity index (χ4n) is 3.83. The topological polar surface area (TPSA) is 81.2 Å². The molecule has 2 fully saturated rings. The number of hydrogen-bond donors (Lipinski definition) is 3. The fourth-order valence-corrected chi connectivity index (χ4v) is 3.83. The number of imidazole rings is 1. The minimum atomic E-state index is -0.409. The van der Waals surface area contributed by atoms with Gasteiger partial charge in [-0.05, 0) is 24.8 Å². The molecule has 2 aromatic rings. The van der Waals surface area contributed by atoms with Crippen LogP contribution in [0.15, 0.2) is 36.5 Å². The van der Waals surface area contributed by atoms with Gasteiger partial charge in [0.1, 0.15) is 5.82 Å². The molecule has 4 rings (SSSR count). The van der Waals surface area contributed by atoms with Crippen molar-refractivity contribution in [1.82, 2.24) is 20.2 Å². The molecule has 0 radical (unpaired) electrons. The smallest absolute Gasteiger partial charge is 0.239 e. The first-order valence-corrected chi connectivity index (χ1v) is 9.01. The molecule has 3 atom stereocenters. The maximum absolute atomic E-state index is 12.7. The summed E-state index contributed by atoms with van der Waals surface area (Å²) in [7, 11) is 0. The van der Waals surface area contributed by atoms with Crippen LogP contribution >= 0.6 is 0 Å². The molecular weight excluding hydrogens is 316 g/mol. The first-order chi connectivity index (χ1) is 12.2. The van der Waals surface area contributed by atoms with E-state index < -0.39 is 6.10 Å². The maximum atomic E-state index is 12.7. The van der Waals surface area contributed by atoms with Crippen molar-refractivity contribution >= 4 is 5.91 Å². The van der Waals surface area contributed by atoms with E-state index in [0.717, 1.165) is 36.5 Å². The van der Waals surface area contributed by atoms with Crippen molar-refractivity contribution in [3.8, 4) is 11.3 Å². The first-order valence-electron chi connectivity index (χ1n) is 9.01. The Labute approximate surface area is 147 Å². The number of aromatic amines is 1. The van der Waals surface area contributed by atoms with Crippen LogP contribution in [-0.2, 0) is 4.79 Å². The number of rotatable bonds is 3. The molecule has 3 N–H and O–H groups in total. The highest BCUT2D eigenvalue weighted by Crippen LogP contribution is 2.28. The number of aliphatic hydroxyl groups excluding tert-OH is 1. The standard InChI is InChI=1S/C19H24N4O2/c24-15-9-16(20-10-15)19(25)23-8-4-7-14(12-23)18-21-11-17(22-18)13-5-2-1-3-6-13/h1-3,5-6,11,14-16,20,24H,4,7-10,12H2,(H,21,22)/t14-,15-,16-/m0/s1. The number of piperidine rings is 1.